The Morgan fingerprint density at radius 3 is 2.90 bits per heavy atom. The molecule has 1 unspecified atom stereocenters. The second-order valence-corrected chi connectivity index (χ2v) is 5.81. The van der Waals surface area contributed by atoms with E-state index in [9.17, 15) is 0 Å². The molecule has 2 aliphatic heterocycles. The maximum atomic E-state index is 9.15. The normalized spacial score (nSPS) is 21.9. The van der Waals surface area contributed by atoms with Gasteiger partial charge in [0.1, 0.15) is 17.5 Å². The molecule has 0 amide bonds. The van der Waals surface area contributed by atoms with Gasteiger partial charge < -0.3 is 25.0 Å². The third-order valence-electron chi connectivity index (χ3n) is 4.14. The third-order valence-corrected chi connectivity index (χ3v) is 4.14. The standard InChI is InChI=1S/C16H25N3O2/c1-13-12-19(8-3-11-20)16-14(4-2-5-15(16)21-13)18-9-6-17-7-10-18/h2,4-5,13,17,20H,3,6-12H2,1H3. The summed E-state index contributed by atoms with van der Waals surface area (Å²) < 4.78 is 6.03. The highest BCUT2D eigenvalue weighted by atomic mass is 16.5. The fourth-order valence-corrected chi connectivity index (χ4v) is 3.20. The van der Waals surface area contributed by atoms with E-state index in [2.05, 4.69) is 40.2 Å². The van der Waals surface area contributed by atoms with Gasteiger partial charge in [-0.05, 0) is 25.5 Å². The summed E-state index contributed by atoms with van der Waals surface area (Å²) in [6.45, 7) is 8.20. The molecule has 2 heterocycles. The van der Waals surface area contributed by atoms with E-state index in [1.54, 1.807) is 0 Å². The Morgan fingerprint density at radius 2 is 2.14 bits per heavy atom. The van der Waals surface area contributed by atoms with Crippen molar-refractivity contribution in [2.45, 2.75) is 19.4 Å². The van der Waals surface area contributed by atoms with Gasteiger partial charge in [-0.1, -0.05) is 6.07 Å². The van der Waals surface area contributed by atoms with Crippen LogP contribution >= 0.6 is 0 Å². The molecule has 1 aromatic rings. The number of nitrogens with one attached hydrogen (secondary N) is 1. The van der Waals surface area contributed by atoms with Gasteiger partial charge in [0.25, 0.3) is 0 Å². The number of para-hydroxylation sites is 1. The molecule has 0 aliphatic carbocycles. The van der Waals surface area contributed by atoms with Crippen LogP contribution in [0.25, 0.3) is 0 Å². The molecule has 3 rings (SSSR count). The molecule has 0 bridgehead atoms. The minimum Gasteiger partial charge on any atom is -0.487 e. The van der Waals surface area contributed by atoms with Crippen LogP contribution in [0, 0.1) is 0 Å². The molecule has 1 saturated heterocycles. The van der Waals surface area contributed by atoms with Crippen molar-refractivity contribution < 1.29 is 9.84 Å². The van der Waals surface area contributed by atoms with Gasteiger partial charge in [-0.25, -0.2) is 0 Å². The molecule has 5 nitrogen and oxygen atoms in total. The molecule has 1 fully saturated rings. The SMILES string of the molecule is CC1CN(CCCO)c2c(cccc2N2CCNCC2)O1. The molecule has 0 spiro atoms. The Labute approximate surface area is 126 Å². The fraction of sp³-hybridized carbons (Fsp3) is 0.625. The first-order valence-corrected chi connectivity index (χ1v) is 7.90. The molecule has 2 aliphatic rings. The van der Waals surface area contributed by atoms with Crippen LogP contribution < -0.4 is 19.9 Å². The van der Waals surface area contributed by atoms with Crippen molar-refractivity contribution in [3.8, 4) is 5.75 Å². The van der Waals surface area contributed by atoms with Gasteiger partial charge in [0.05, 0.1) is 12.2 Å². The van der Waals surface area contributed by atoms with Gasteiger partial charge >= 0.3 is 0 Å². The number of piperazine rings is 1. The number of ether oxygens (including phenoxy) is 1. The number of hydrogen-bond acceptors (Lipinski definition) is 5. The van der Waals surface area contributed by atoms with Crippen LogP contribution in [0.4, 0.5) is 11.4 Å². The summed E-state index contributed by atoms with van der Waals surface area (Å²) in [5.41, 5.74) is 2.46. The number of benzene rings is 1. The van der Waals surface area contributed by atoms with Crippen molar-refractivity contribution in [1.82, 2.24) is 5.32 Å². The van der Waals surface area contributed by atoms with Gasteiger partial charge in [0, 0.05) is 39.3 Å². The van der Waals surface area contributed by atoms with Gasteiger partial charge in [0.2, 0.25) is 0 Å². The average Bonchev–Trinajstić information content (AvgIpc) is 2.52. The zero-order valence-corrected chi connectivity index (χ0v) is 12.7. The van der Waals surface area contributed by atoms with Crippen LogP contribution in [0.1, 0.15) is 13.3 Å². The molecule has 5 heteroatoms. The van der Waals surface area contributed by atoms with Crippen LogP contribution in [-0.2, 0) is 0 Å². The van der Waals surface area contributed by atoms with E-state index in [1.807, 2.05) is 0 Å². The number of rotatable bonds is 4. The number of fused-ring (bicyclic) bond motifs is 1. The summed E-state index contributed by atoms with van der Waals surface area (Å²) in [7, 11) is 0. The van der Waals surface area contributed by atoms with E-state index in [0.717, 1.165) is 51.4 Å². The van der Waals surface area contributed by atoms with E-state index in [4.69, 9.17) is 9.84 Å². The van der Waals surface area contributed by atoms with E-state index in [1.165, 1.54) is 11.4 Å². The zero-order valence-electron chi connectivity index (χ0n) is 12.7. The molecular formula is C16H25N3O2. The first-order valence-electron chi connectivity index (χ1n) is 7.90. The first kappa shape index (κ1) is 14.5. The smallest absolute Gasteiger partial charge is 0.145 e. The second-order valence-electron chi connectivity index (χ2n) is 5.81. The largest absolute Gasteiger partial charge is 0.487 e. The molecule has 1 aromatic carbocycles. The summed E-state index contributed by atoms with van der Waals surface area (Å²) in [6.07, 6.45) is 0.983. The van der Waals surface area contributed by atoms with Gasteiger partial charge in [0.15, 0.2) is 0 Å². The van der Waals surface area contributed by atoms with Crippen LogP contribution in [0.2, 0.25) is 0 Å². The molecule has 0 saturated carbocycles. The topological polar surface area (TPSA) is 48.0 Å². The van der Waals surface area contributed by atoms with Crippen molar-refractivity contribution in [1.29, 1.82) is 0 Å². The molecule has 116 valence electrons. The lowest BCUT2D eigenvalue weighted by molar-refractivity contribution is 0.210. The highest BCUT2D eigenvalue weighted by Gasteiger charge is 2.27. The predicted octanol–water partition coefficient (Wildman–Crippen LogP) is 1.07. The van der Waals surface area contributed by atoms with Crippen LogP contribution in [0.3, 0.4) is 0 Å². The summed E-state index contributed by atoms with van der Waals surface area (Å²) in [6, 6.07) is 6.33. The number of aliphatic hydroxyl groups excluding tert-OH is 1. The molecule has 1 atom stereocenters. The molecular weight excluding hydrogens is 266 g/mol. The van der Waals surface area contributed by atoms with Crippen molar-refractivity contribution in [2.75, 3.05) is 55.7 Å². The summed E-state index contributed by atoms with van der Waals surface area (Å²) >= 11 is 0. The Kier molecular flexibility index (Phi) is 4.51. The van der Waals surface area contributed by atoms with E-state index < -0.39 is 0 Å². The predicted molar refractivity (Wildman–Crippen MR) is 85.5 cm³/mol. The Bertz CT molecular complexity index is 475. The zero-order chi connectivity index (χ0) is 14.7. The Morgan fingerprint density at radius 1 is 1.33 bits per heavy atom. The minimum absolute atomic E-state index is 0.189. The highest BCUT2D eigenvalue weighted by molar-refractivity contribution is 5.78. The molecule has 2 N–H and O–H groups in total. The maximum Gasteiger partial charge on any atom is 0.145 e. The molecule has 21 heavy (non-hydrogen) atoms. The molecule has 0 radical (unpaired) electrons. The van der Waals surface area contributed by atoms with Crippen molar-refractivity contribution in [3.63, 3.8) is 0 Å². The Balaban J connectivity index is 1.92. The van der Waals surface area contributed by atoms with E-state index >= 15 is 0 Å². The lowest BCUT2D eigenvalue weighted by Gasteiger charge is -2.39. The van der Waals surface area contributed by atoms with Gasteiger partial charge in [-0.3, -0.25) is 0 Å². The van der Waals surface area contributed by atoms with Crippen molar-refractivity contribution in [3.05, 3.63) is 18.2 Å². The van der Waals surface area contributed by atoms with Crippen LogP contribution in [0.5, 0.6) is 5.75 Å². The van der Waals surface area contributed by atoms with Crippen LogP contribution in [0.15, 0.2) is 18.2 Å². The monoisotopic (exact) mass is 291 g/mol. The van der Waals surface area contributed by atoms with E-state index in [-0.39, 0.29) is 12.7 Å². The van der Waals surface area contributed by atoms with Gasteiger partial charge in [-0.2, -0.15) is 0 Å². The lowest BCUT2D eigenvalue weighted by Crippen LogP contribution is -2.45. The Hall–Kier alpha value is -1.46. The quantitative estimate of drug-likeness (QED) is 0.869. The summed E-state index contributed by atoms with van der Waals surface area (Å²) in [4.78, 5) is 4.80. The lowest BCUT2D eigenvalue weighted by atomic mass is 10.1. The van der Waals surface area contributed by atoms with Crippen LogP contribution in [-0.4, -0.2) is 57.1 Å². The number of aliphatic hydroxyl groups is 1. The van der Waals surface area contributed by atoms with Crippen molar-refractivity contribution in [2.24, 2.45) is 0 Å². The average molecular weight is 291 g/mol. The fourth-order valence-electron chi connectivity index (χ4n) is 3.20. The highest BCUT2D eigenvalue weighted by Crippen LogP contribution is 2.41. The summed E-state index contributed by atoms with van der Waals surface area (Å²) in [5.74, 6) is 0.975. The molecule has 0 aromatic heterocycles. The van der Waals surface area contributed by atoms with Crippen molar-refractivity contribution >= 4 is 11.4 Å². The maximum absolute atomic E-state index is 9.15. The third kappa shape index (κ3) is 3.09. The first-order chi connectivity index (χ1) is 10.3. The summed E-state index contributed by atoms with van der Waals surface area (Å²) in [5, 5.41) is 12.5. The minimum atomic E-state index is 0.189. The number of hydrogen-bond donors (Lipinski definition) is 2. The number of anilines is 2. The van der Waals surface area contributed by atoms with E-state index in [0.29, 0.717) is 0 Å². The number of nitrogens with zero attached hydrogens (tertiary/aromatic N) is 2. The van der Waals surface area contributed by atoms with Gasteiger partial charge in [-0.15, -0.1) is 0 Å². The second kappa shape index (κ2) is 6.54.